The Bertz CT molecular complexity index is 458. The van der Waals surface area contributed by atoms with Crippen LogP contribution in [0.15, 0.2) is 30.3 Å². The van der Waals surface area contributed by atoms with Crippen LogP contribution in [0.2, 0.25) is 0 Å². The van der Waals surface area contributed by atoms with Gasteiger partial charge in [-0.3, -0.25) is 9.69 Å². The number of carbonyl (C=O) groups is 2. The molecule has 0 unspecified atom stereocenters. The quantitative estimate of drug-likeness (QED) is 0.696. The van der Waals surface area contributed by atoms with Crippen molar-refractivity contribution in [2.24, 2.45) is 0 Å². The zero-order chi connectivity index (χ0) is 14.4. The number of hydrogen-bond acceptors (Lipinski definition) is 4. The summed E-state index contributed by atoms with van der Waals surface area (Å²) in [6.07, 6.45) is 0. The second kappa shape index (κ2) is 7.02. The van der Waals surface area contributed by atoms with E-state index in [-0.39, 0.29) is 12.5 Å². The summed E-state index contributed by atoms with van der Waals surface area (Å²) in [5.41, 5.74) is 0.577. The lowest BCUT2D eigenvalue weighted by atomic mass is 10.1. The molecule has 1 aliphatic rings. The number of nitrogens with one attached hydrogen (secondary N) is 2. The van der Waals surface area contributed by atoms with Crippen molar-refractivity contribution in [3.05, 3.63) is 35.9 Å². The van der Waals surface area contributed by atoms with Gasteiger partial charge in [0.15, 0.2) is 6.04 Å². The first kappa shape index (κ1) is 14.5. The number of aliphatic carboxylic acids is 1. The maximum absolute atomic E-state index is 12.0. The van der Waals surface area contributed by atoms with E-state index in [4.69, 9.17) is 0 Å². The zero-order valence-corrected chi connectivity index (χ0v) is 11.2. The lowest BCUT2D eigenvalue weighted by Gasteiger charge is -2.27. The number of hydrogen-bond donors (Lipinski definition) is 3. The van der Waals surface area contributed by atoms with Crippen molar-refractivity contribution >= 4 is 11.9 Å². The molecule has 1 fully saturated rings. The molecule has 6 nitrogen and oxygen atoms in total. The van der Waals surface area contributed by atoms with E-state index in [2.05, 4.69) is 10.6 Å². The minimum atomic E-state index is -1.05. The Balaban J connectivity index is 1.94. The number of benzene rings is 1. The van der Waals surface area contributed by atoms with Gasteiger partial charge in [0.2, 0.25) is 5.91 Å². The highest BCUT2D eigenvalue weighted by molar-refractivity contribution is 5.85. The van der Waals surface area contributed by atoms with Gasteiger partial charge in [-0.2, -0.15) is 0 Å². The number of carboxylic acids is 1. The van der Waals surface area contributed by atoms with Crippen molar-refractivity contribution in [3.63, 3.8) is 0 Å². The van der Waals surface area contributed by atoms with Crippen LogP contribution in [0.3, 0.4) is 0 Å². The van der Waals surface area contributed by atoms with Gasteiger partial charge in [-0.25, -0.2) is 4.79 Å². The average molecular weight is 277 g/mol. The number of carboxylic acid groups (broad SMARTS) is 1. The molecule has 2 rings (SSSR count). The molecule has 6 heteroatoms. The average Bonchev–Trinajstić information content (AvgIpc) is 2.46. The standard InChI is InChI=1S/C14H19N3O3/c18-12(10-17-8-6-15-7-9-17)16-13(14(19)20)11-4-2-1-3-5-11/h1-5,13,15H,6-10H2,(H,16,18)(H,19,20)/t13-/m0/s1. The Kier molecular flexibility index (Phi) is 5.09. The van der Waals surface area contributed by atoms with Crippen LogP contribution >= 0.6 is 0 Å². The topological polar surface area (TPSA) is 81.7 Å². The Morgan fingerprint density at radius 3 is 2.50 bits per heavy atom. The maximum atomic E-state index is 12.0. The van der Waals surface area contributed by atoms with E-state index in [0.717, 1.165) is 26.2 Å². The molecule has 0 saturated carbocycles. The van der Waals surface area contributed by atoms with Crippen LogP contribution < -0.4 is 10.6 Å². The molecule has 1 heterocycles. The normalized spacial score (nSPS) is 17.4. The largest absolute Gasteiger partial charge is 0.479 e. The van der Waals surface area contributed by atoms with Crippen molar-refractivity contribution in [2.45, 2.75) is 6.04 Å². The molecule has 0 aromatic heterocycles. The molecule has 1 aromatic rings. The molecule has 1 atom stereocenters. The molecule has 1 amide bonds. The van der Waals surface area contributed by atoms with Gasteiger partial charge in [0.1, 0.15) is 0 Å². The van der Waals surface area contributed by atoms with Gasteiger partial charge < -0.3 is 15.7 Å². The van der Waals surface area contributed by atoms with Crippen LogP contribution in [0.5, 0.6) is 0 Å². The third-order valence-electron chi connectivity index (χ3n) is 3.26. The molecular weight excluding hydrogens is 258 g/mol. The first-order valence-corrected chi connectivity index (χ1v) is 6.67. The molecule has 1 saturated heterocycles. The zero-order valence-electron chi connectivity index (χ0n) is 11.2. The Hall–Kier alpha value is -1.92. The summed E-state index contributed by atoms with van der Waals surface area (Å²) in [6.45, 7) is 3.55. The van der Waals surface area contributed by atoms with E-state index in [1.807, 2.05) is 11.0 Å². The molecule has 108 valence electrons. The fraction of sp³-hybridized carbons (Fsp3) is 0.429. The lowest BCUT2D eigenvalue weighted by Crippen LogP contribution is -2.48. The Morgan fingerprint density at radius 2 is 1.90 bits per heavy atom. The first-order chi connectivity index (χ1) is 9.66. The highest BCUT2D eigenvalue weighted by atomic mass is 16.4. The first-order valence-electron chi connectivity index (χ1n) is 6.67. The summed E-state index contributed by atoms with van der Waals surface area (Å²) < 4.78 is 0. The number of carbonyl (C=O) groups excluding carboxylic acids is 1. The molecule has 0 radical (unpaired) electrons. The highest BCUT2D eigenvalue weighted by Gasteiger charge is 2.23. The second-order valence-corrected chi connectivity index (χ2v) is 4.78. The number of nitrogens with zero attached hydrogens (tertiary/aromatic N) is 1. The minimum absolute atomic E-state index is 0.234. The van der Waals surface area contributed by atoms with Gasteiger partial charge in [-0.15, -0.1) is 0 Å². The lowest BCUT2D eigenvalue weighted by molar-refractivity contribution is -0.142. The van der Waals surface area contributed by atoms with Crippen LogP contribution in [-0.4, -0.2) is 54.6 Å². The van der Waals surface area contributed by atoms with Crippen LogP contribution in [-0.2, 0) is 9.59 Å². The van der Waals surface area contributed by atoms with E-state index in [1.54, 1.807) is 24.3 Å². The molecule has 3 N–H and O–H groups in total. The predicted molar refractivity (Wildman–Crippen MR) is 74.3 cm³/mol. The van der Waals surface area contributed by atoms with Crippen LogP contribution in [0, 0.1) is 0 Å². The second-order valence-electron chi connectivity index (χ2n) is 4.78. The summed E-state index contributed by atoms with van der Waals surface area (Å²) in [7, 11) is 0. The number of amides is 1. The minimum Gasteiger partial charge on any atom is -0.479 e. The van der Waals surface area contributed by atoms with Crippen molar-refractivity contribution in [1.29, 1.82) is 0 Å². The summed E-state index contributed by atoms with van der Waals surface area (Å²) in [6, 6.07) is 7.73. The number of rotatable bonds is 5. The van der Waals surface area contributed by atoms with Crippen molar-refractivity contribution in [1.82, 2.24) is 15.5 Å². The molecule has 1 aromatic carbocycles. The molecule has 0 bridgehead atoms. The number of piperazine rings is 1. The van der Waals surface area contributed by atoms with E-state index in [0.29, 0.717) is 5.56 Å². The van der Waals surface area contributed by atoms with Crippen molar-refractivity contribution < 1.29 is 14.7 Å². The molecule has 0 spiro atoms. The fourth-order valence-electron chi connectivity index (χ4n) is 2.21. The Labute approximate surface area is 117 Å². The van der Waals surface area contributed by atoms with Crippen LogP contribution in [0.25, 0.3) is 0 Å². The van der Waals surface area contributed by atoms with Crippen LogP contribution in [0.4, 0.5) is 0 Å². The van der Waals surface area contributed by atoms with Gasteiger partial charge in [0.05, 0.1) is 6.54 Å². The summed E-state index contributed by atoms with van der Waals surface area (Å²) in [5, 5.41) is 15.0. The third-order valence-corrected chi connectivity index (χ3v) is 3.26. The van der Waals surface area contributed by atoms with Gasteiger partial charge in [0, 0.05) is 26.2 Å². The van der Waals surface area contributed by atoms with Gasteiger partial charge in [0.25, 0.3) is 0 Å². The predicted octanol–water partition coefficient (Wildman–Crippen LogP) is -0.166. The van der Waals surface area contributed by atoms with Crippen molar-refractivity contribution in [2.75, 3.05) is 32.7 Å². The molecule has 0 aliphatic carbocycles. The smallest absolute Gasteiger partial charge is 0.330 e. The van der Waals surface area contributed by atoms with Crippen molar-refractivity contribution in [3.8, 4) is 0 Å². The van der Waals surface area contributed by atoms with E-state index in [1.165, 1.54) is 0 Å². The van der Waals surface area contributed by atoms with E-state index < -0.39 is 12.0 Å². The van der Waals surface area contributed by atoms with E-state index >= 15 is 0 Å². The molecular formula is C14H19N3O3. The summed E-state index contributed by atoms with van der Waals surface area (Å²) in [5.74, 6) is -1.31. The molecule has 20 heavy (non-hydrogen) atoms. The fourth-order valence-corrected chi connectivity index (χ4v) is 2.21. The third kappa shape index (κ3) is 4.04. The molecule has 1 aliphatic heterocycles. The Morgan fingerprint density at radius 1 is 1.25 bits per heavy atom. The monoisotopic (exact) mass is 277 g/mol. The van der Waals surface area contributed by atoms with Gasteiger partial charge in [-0.1, -0.05) is 30.3 Å². The highest BCUT2D eigenvalue weighted by Crippen LogP contribution is 2.12. The van der Waals surface area contributed by atoms with E-state index in [9.17, 15) is 14.7 Å². The van der Waals surface area contributed by atoms with Gasteiger partial charge >= 0.3 is 5.97 Å². The van der Waals surface area contributed by atoms with Gasteiger partial charge in [-0.05, 0) is 5.56 Å². The van der Waals surface area contributed by atoms with Crippen LogP contribution in [0.1, 0.15) is 11.6 Å². The maximum Gasteiger partial charge on any atom is 0.330 e. The summed E-state index contributed by atoms with van der Waals surface area (Å²) >= 11 is 0. The summed E-state index contributed by atoms with van der Waals surface area (Å²) in [4.78, 5) is 25.3. The SMILES string of the molecule is O=C(CN1CCNCC1)N[C@H](C(=O)O)c1ccccc1.